The van der Waals surface area contributed by atoms with Crippen LogP contribution in [0.3, 0.4) is 0 Å². The van der Waals surface area contributed by atoms with Crippen molar-refractivity contribution >= 4 is 51.2 Å². The number of halogens is 1. The molecule has 0 radical (unpaired) electrons. The van der Waals surface area contributed by atoms with Gasteiger partial charge in [0.15, 0.2) is 18.1 Å². The highest BCUT2D eigenvalue weighted by Gasteiger charge is 2.16. The lowest BCUT2D eigenvalue weighted by molar-refractivity contribution is -0.118. The Kier molecular flexibility index (Phi) is 9.62. The molecular formula is C28H24BrN3O6. The third-order valence-corrected chi connectivity index (χ3v) is 5.76. The molecule has 0 saturated carbocycles. The first-order valence-electron chi connectivity index (χ1n) is 11.2. The van der Waals surface area contributed by atoms with Gasteiger partial charge in [-0.3, -0.25) is 9.59 Å². The second kappa shape index (κ2) is 13.1. The fourth-order valence-corrected chi connectivity index (χ4v) is 3.83. The van der Waals surface area contributed by atoms with Crippen molar-refractivity contribution in [1.29, 1.82) is 5.26 Å². The molecule has 0 bridgehead atoms. The van der Waals surface area contributed by atoms with E-state index in [2.05, 4.69) is 31.3 Å². The third-order valence-electron chi connectivity index (χ3n) is 5.17. The summed E-state index contributed by atoms with van der Waals surface area (Å²) in [7, 11) is 2.71. The normalized spacial score (nSPS) is 10.7. The predicted molar refractivity (Wildman–Crippen MR) is 146 cm³/mol. The summed E-state index contributed by atoms with van der Waals surface area (Å²) in [6.07, 6.45) is 1.39. The summed E-state index contributed by atoms with van der Waals surface area (Å²) in [5.41, 5.74) is 2.77. The van der Waals surface area contributed by atoms with Crippen LogP contribution >= 0.6 is 15.9 Å². The molecule has 0 aliphatic carbocycles. The van der Waals surface area contributed by atoms with Crippen molar-refractivity contribution in [2.45, 2.75) is 6.92 Å². The molecule has 0 spiro atoms. The molecule has 3 rings (SSSR count). The number of rotatable bonds is 9. The molecule has 0 aromatic heterocycles. The number of ether oxygens (including phenoxy) is 3. The van der Waals surface area contributed by atoms with E-state index in [-0.39, 0.29) is 23.8 Å². The highest BCUT2D eigenvalue weighted by molar-refractivity contribution is 9.10. The number of aryl methyl sites for hydroxylation is 1. The Bertz CT molecular complexity index is 1410. The number of carbonyl (C=O) groups is 3. The van der Waals surface area contributed by atoms with Crippen LogP contribution in [0.2, 0.25) is 0 Å². The first kappa shape index (κ1) is 28.0. The maximum absolute atomic E-state index is 12.7. The zero-order valence-corrected chi connectivity index (χ0v) is 22.4. The van der Waals surface area contributed by atoms with Crippen LogP contribution < -0.4 is 20.1 Å². The zero-order valence-electron chi connectivity index (χ0n) is 20.8. The number of anilines is 2. The minimum absolute atomic E-state index is 0.165. The molecule has 2 N–H and O–H groups in total. The largest absolute Gasteiger partial charge is 0.493 e. The number of hydrogen-bond donors (Lipinski definition) is 2. The van der Waals surface area contributed by atoms with Gasteiger partial charge in [-0.05, 0) is 83.0 Å². The van der Waals surface area contributed by atoms with Gasteiger partial charge in [0.2, 0.25) is 0 Å². The van der Waals surface area contributed by atoms with Gasteiger partial charge in [-0.25, -0.2) is 4.79 Å². The summed E-state index contributed by atoms with van der Waals surface area (Å²) in [5, 5.41) is 14.9. The van der Waals surface area contributed by atoms with E-state index in [4.69, 9.17) is 9.47 Å². The number of nitrogens with one attached hydrogen (secondary N) is 2. The van der Waals surface area contributed by atoms with Crippen LogP contribution in [-0.2, 0) is 14.3 Å². The van der Waals surface area contributed by atoms with Gasteiger partial charge >= 0.3 is 5.97 Å². The minimum Gasteiger partial charge on any atom is -0.493 e. The second-order valence-electron chi connectivity index (χ2n) is 7.93. The molecule has 0 heterocycles. The van der Waals surface area contributed by atoms with E-state index in [0.29, 0.717) is 32.7 Å². The van der Waals surface area contributed by atoms with Crippen molar-refractivity contribution in [3.63, 3.8) is 0 Å². The molecule has 10 heteroatoms. The summed E-state index contributed by atoms with van der Waals surface area (Å²) >= 11 is 3.40. The number of nitrogens with zero attached hydrogens (tertiary/aromatic N) is 1. The Balaban J connectivity index is 1.71. The number of carbonyl (C=O) groups excluding carboxylic acids is 3. The van der Waals surface area contributed by atoms with Gasteiger partial charge in [-0.1, -0.05) is 17.7 Å². The van der Waals surface area contributed by atoms with E-state index in [9.17, 15) is 19.6 Å². The van der Waals surface area contributed by atoms with Gasteiger partial charge in [-0.15, -0.1) is 0 Å². The Morgan fingerprint density at radius 3 is 2.21 bits per heavy atom. The molecule has 3 aromatic rings. The number of nitriles is 1. The van der Waals surface area contributed by atoms with E-state index in [1.807, 2.05) is 25.1 Å². The summed E-state index contributed by atoms with van der Waals surface area (Å²) in [5.74, 6) is -0.905. The maximum Gasteiger partial charge on any atom is 0.337 e. The summed E-state index contributed by atoms with van der Waals surface area (Å²) in [6, 6.07) is 18.5. The van der Waals surface area contributed by atoms with E-state index < -0.39 is 11.9 Å². The molecule has 3 aromatic carbocycles. The Labute approximate surface area is 228 Å². The minimum atomic E-state index is -0.637. The molecule has 194 valence electrons. The Morgan fingerprint density at radius 1 is 0.974 bits per heavy atom. The van der Waals surface area contributed by atoms with Gasteiger partial charge < -0.3 is 24.8 Å². The molecule has 0 unspecified atom stereocenters. The predicted octanol–water partition coefficient (Wildman–Crippen LogP) is 5.12. The van der Waals surface area contributed by atoms with Crippen molar-refractivity contribution in [2.24, 2.45) is 0 Å². The van der Waals surface area contributed by atoms with E-state index in [1.165, 1.54) is 44.6 Å². The van der Waals surface area contributed by atoms with Gasteiger partial charge in [0, 0.05) is 11.4 Å². The van der Waals surface area contributed by atoms with Gasteiger partial charge in [0.1, 0.15) is 11.6 Å². The van der Waals surface area contributed by atoms with Gasteiger partial charge in [0.25, 0.3) is 11.8 Å². The average molecular weight is 578 g/mol. The topological polar surface area (TPSA) is 127 Å². The van der Waals surface area contributed by atoms with Gasteiger partial charge in [0.05, 0.1) is 24.3 Å². The highest BCUT2D eigenvalue weighted by Crippen LogP contribution is 2.37. The first-order valence-corrected chi connectivity index (χ1v) is 12.0. The second-order valence-corrected chi connectivity index (χ2v) is 8.78. The summed E-state index contributed by atoms with van der Waals surface area (Å²) < 4.78 is 16.2. The maximum atomic E-state index is 12.7. The summed E-state index contributed by atoms with van der Waals surface area (Å²) in [6.45, 7) is 1.69. The number of amides is 2. The molecule has 0 fully saturated rings. The van der Waals surface area contributed by atoms with Crippen LogP contribution in [0, 0.1) is 18.3 Å². The standard InChI is InChI=1S/C28H24BrN3O6/c1-17-4-8-21(9-5-17)31-25(33)16-38-26-23(29)13-18(14-24(26)36-2)12-20(15-30)27(34)32-22-10-6-19(7-11-22)28(35)37-3/h4-14H,16H2,1-3H3,(H,31,33)(H,32,34)/b20-12+. The van der Waals surface area contributed by atoms with Crippen LogP contribution in [0.1, 0.15) is 21.5 Å². The van der Waals surface area contributed by atoms with Crippen molar-refractivity contribution in [3.8, 4) is 17.6 Å². The molecule has 0 aliphatic heterocycles. The lowest BCUT2D eigenvalue weighted by Crippen LogP contribution is -2.20. The van der Waals surface area contributed by atoms with Crippen molar-refractivity contribution < 1.29 is 28.6 Å². The quantitative estimate of drug-likeness (QED) is 0.205. The van der Waals surface area contributed by atoms with E-state index in [1.54, 1.807) is 24.3 Å². The van der Waals surface area contributed by atoms with Crippen molar-refractivity contribution in [1.82, 2.24) is 0 Å². The van der Waals surface area contributed by atoms with Gasteiger partial charge in [-0.2, -0.15) is 5.26 Å². The number of esters is 1. The smallest absolute Gasteiger partial charge is 0.337 e. The Hall–Kier alpha value is -4.62. The SMILES string of the molecule is COC(=O)c1ccc(NC(=O)/C(C#N)=C/c2cc(Br)c(OCC(=O)Nc3ccc(C)cc3)c(OC)c2)cc1. The van der Waals surface area contributed by atoms with E-state index >= 15 is 0 Å². The number of benzene rings is 3. The van der Waals surface area contributed by atoms with Crippen molar-refractivity contribution in [2.75, 3.05) is 31.5 Å². The van der Waals surface area contributed by atoms with Crippen LogP contribution in [0.5, 0.6) is 11.5 Å². The average Bonchev–Trinajstić information content (AvgIpc) is 2.91. The van der Waals surface area contributed by atoms with Crippen LogP contribution in [-0.4, -0.2) is 38.6 Å². The monoisotopic (exact) mass is 577 g/mol. The Morgan fingerprint density at radius 2 is 1.61 bits per heavy atom. The van der Waals surface area contributed by atoms with Crippen LogP contribution in [0.15, 0.2) is 70.7 Å². The molecule has 0 atom stereocenters. The molecule has 0 aliphatic rings. The zero-order chi connectivity index (χ0) is 27.7. The molecule has 0 saturated heterocycles. The molecule has 9 nitrogen and oxygen atoms in total. The lowest BCUT2D eigenvalue weighted by atomic mass is 10.1. The fraction of sp³-hybridized carbons (Fsp3) is 0.143. The lowest BCUT2D eigenvalue weighted by Gasteiger charge is -2.14. The van der Waals surface area contributed by atoms with Crippen LogP contribution in [0.4, 0.5) is 11.4 Å². The number of methoxy groups -OCH3 is 2. The number of hydrogen-bond acceptors (Lipinski definition) is 7. The molecular weight excluding hydrogens is 554 g/mol. The van der Waals surface area contributed by atoms with Crippen molar-refractivity contribution in [3.05, 3.63) is 87.4 Å². The third kappa shape index (κ3) is 7.44. The first-order chi connectivity index (χ1) is 18.2. The van der Waals surface area contributed by atoms with Crippen LogP contribution in [0.25, 0.3) is 6.08 Å². The highest BCUT2D eigenvalue weighted by atomic mass is 79.9. The summed E-state index contributed by atoms with van der Waals surface area (Å²) in [4.78, 5) is 36.6. The molecule has 2 amide bonds. The molecule has 38 heavy (non-hydrogen) atoms. The van der Waals surface area contributed by atoms with E-state index in [0.717, 1.165) is 5.56 Å². The fourth-order valence-electron chi connectivity index (χ4n) is 3.26.